The first-order valence-electron chi connectivity index (χ1n) is 6.32. The quantitative estimate of drug-likeness (QED) is 0.759. The number of carbonyl (C=O) groups excluding carboxylic acids is 1. The summed E-state index contributed by atoms with van der Waals surface area (Å²) in [5.74, 6) is -1.14. The molecule has 1 aliphatic rings. The van der Waals surface area contributed by atoms with Gasteiger partial charge in [0.05, 0.1) is 22.7 Å². The molecule has 1 heterocycles. The third kappa shape index (κ3) is 2.82. The third-order valence-corrected chi connectivity index (χ3v) is 3.82. The van der Waals surface area contributed by atoms with Crippen LogP contribution in [0.1, 0.15) is 44.5 Å². The van der Waals surface area contributed by atoms with Crippen molar-refractivity contribution in [2.45, 2.75) is 45.3 Å². The normalized spacial score (nSPS) is 24.4. The van der Waals surface area contributed by atoms with Gasteiger partial charge in [0.1, 0.15) is 5.82 Å². The Balaban J connectivity index is 2.34. The van der Waals surface area contributed by atoms with Crippen molar-refractivity contribution in [1.82, 2.24) is 0 Å². The highest BCUT2D eigenvalue weighted by Crippen LogP contribution is 2.43. The molecule has 1 atom stereocenters. The molecule has 2 rings (SSSR count). The standard InChI is InChI=1S/C15H18ClFO2/c1-14(2)8-11(15(3,4)19-14)13(18)10-6-5-9(16)7-12(10)17/h5-7,11H,8H2,1-4H3. The molecule has 1 aromatic carbocycles. The average molecular weight is 285 g/mol. The van der Waals surface area contributed by atoms with E-state index in [4.69, 9.17) is 16.3 Å². The summed E-state index contributed by atoms with van der Waals surface area (Å²) in [6.07, 6.45) is 0.584. The van der Waals surface area contributed by atoms with Crippen LogP contribution in [0.2, 0.25) is 5.02 Å². The first-order chi connectivity index (χ1) is 8.62. The van der Waals surface area contributed by atoms with Crippen LogP contribution in [0.15, 0.2) is 18.2 Å². The zero-order chi connectivity index (χ0) is 14.4. The Labute approximate surface area is 117 Å². The zero-order valence-electron chi connectivity index (χ0n) is 11.6. The van der Waals surface area contributed by atoms with Gasteiger partial charge in [0.15, 0.2) is 5.78 Å². The van der Waals surface area contributed by atoms with Crippen LogP contribution >= 0.6 is 11.6 Å². The molecular weight excluding hydrogens is 267 g/mol. The summed E-state index contributed by atoms with van der Waals surface area (Å²) in [7, 11) is 0. The molecule has 0 bridgehead atoms. The minimum absolute atomic E-state index is 0.0868. The molecule has 0 amide bonds. The molecule has 1 aromatic rings. The highest BCUT2D eigenvalue weighted by molar-refractivity contribution is 6.30. The Bertz CT molecular complexity index is 523. The van der Waals surface area contributed by atoms with E-state index in [9.17, 15) is 9.18 Å². The fourth-order valence-corrected chi connectivity index (χ4v) is 3.01. The van der Waals surface area contributed by atoms with Crippen molar-refractivity contribution in [3.8, 4) is 0 Å². The van der Waals surface area contributed by atoms with Crippen molar-refractivity contribution in [2.24, 2.45) is 5.92 Å². The summed E-state index contributed by atoms with van der Waals surface area (Å²) in [5, 5.41) is 0.288. The topological polar surface area (TPSA) is 26.3 Å². The summed E-state index contributed by atoms with van der Waals surface area (Å²) >= 11 is 5.71. The van der Waals surface area contributed by atoms with E-state index in [0.29, 0.717) is 6.42 Å². The van der Waals surface area contributed by atoms with E-state index in [1.165, 1.54) is 18.2 Å². The number of carbonyl (C=O) groups is 1. The number of hydrogen-bond donors (Lipinski definition) is 0. The van der Waals surface area contributed by atoms with Crippen molar-refractivity contribution in [3.63, 3.8) is 0 Å². The lowest BCUT2D eigenvalue weighted by atomic mass is 9.81. The van der Waals surface area contributed by atoms with Crippen LogP contribution in [0, 0.1) is 11.7 Å². The van der Waals surface area contributed by atoms with E-state index < -0.39 is 11.4 Å². The Hall–Kier alpha value is -0.930. The van der Waals surface area contributed by atoms with Crippen LogP contribution in [-0.2, 0) is 4.74 Å². The van der Waals surface area contributed by atoms with Crippen molar-refractivity contribution in [3.05, 3.63) is 34.6 Å². The number of Topliss-reactive ketones (excluding diaryl/α,β-unsaturated/α-hetero) is 1. The molecule has 0 saturated carbocycles. The Morgan fingerprint density at radius 1 is 1.37 bits per heavy atom. The third-order valence-electron chi connectivity index (χ3n) is 3.59. The summed E-state index contributed by atoms with van der Waals surface area (Å²) in [4.78, 5) is 12.5. The monoisotopic (exact) mass is 284 g/mol. The van der Waals surface area contributed by atoms with Gasteiger partial charge in [-0.3, -0.25) is 4.79 Å². The highest BCUT2D eigenvalue weighted by atomic mass is 35.5. The SMILES string of the molecule is CC1(C)CC(C(=O)c2ccc(Cl)cc2F)C(C)(C)O1. The van der Waals surface area contributed by atoms with Crippen molar-refractivity contribution in [2.75, 3.05) is 0 Å². The number of halogens is 2. The predicted molar refractivity (Wildman–Crippen MR) is 73.1 cm³/mol. The van der Waals surface area contributed by atoms with E-state index in [1.807, 2.05) is 27.7 Å². The fraction of sp³-hybridized carbons (Fsp3) is 0.533. The van der Waals surface area contributed by atoms with Gasteiger partial charge in [-0.25, -0.2) is 4.39 Å². The van der Waals surface area contributed by atoms with E-state index in [-0.39, 0.29) is 27.9 Å². The maximum Gasteiger partial charge on any atom is 0.171 e. The minimum Gasteiger partial charge on any atom is -0.369 e. The smallest absolute Gasteiger partial charge is 0.171 e. The van der Waals surface area contributed by atoms with Crippen LogP contribution in [0.3, 0.4) is 0 Å². The van der Waals surface area contributed by atoms with E-state index >= 15 is 0 Å². The van der Waals surface area contributed by atoms with Crippen molar-refractivity contribution in [1.29, 1.82) is 0 Å². The van der Waals surface area contributed by atoms with Crippen LogP contribution in [0.4, 0.5) is 4.39 Å². The number of hydrogen-bond acceptors (Lipinski definition) is 2. The maximum atomic E-state index is 13.9. The van der Waals surface area contributed by atoms with Gasteiger partial charge in [0.25, 0.3) is 0 Å². The van der Waals surface area contributed by atoms with Gasteiger partial charge in [-0.1, -0.05) is 11.6 Å². The Morgan fingerprint density at radius 3 is 2.47 bits per heavy atom. The highest BCUT2D eigenvalue weighted by Gasteiger charge is 2.49. The summed E-state index contributed by atoms with van der Waals surface area (Å²) in [6, 6.07) is 4.15. The van der Waals surface area contributed by atoms with Crippen molar-refractivity contribution < 1.29 is 13.9 Å². The second-order valence-electron chi connectivity index (χ2n) is 6.21. The fourth-order valence-electron chi connectivity index (χ4n) is 2.85. The van der Waals surface area contributed by atoms with Gasteiger partial charge in [-0.05, 0) is 52.3 Å². The summed E-state index contributed by atoms with van der Waals surface area (Å²) in [6.45, 7) is 7.64. The first-order valence-corrected chi connectivity index (χ1v) is 6.70. The number of ketones is 1. The first kappa shape index (κ1) is 14.5. The van der Waals surface area contributed by atoms with Gasteiger partial charge in [0, 0.05) is 5.02 Å². The molecule has 1 saturated heterocycles. The van der Waals surface area contributed by atoms with Crippen LogP contribution in [0.5, 0.6) is 0 Å². The molecule has 0 spiro atoms. The average Bonchev–Trinajstić information content (AvgIpc) is 2.45. The molecule has 0 aliphatic carbocycles. The van der Waals surface area contributed by atoms with E-state index in [2.05, 4.69) is 0 Å². The number of benzene rings is 1. The molecule has 1 aliphatic heterocycles. The second-order valence-corrected chi connectivity index (χ2v) is 6.65. The molecule has 1 unspecified atom stereocenters. The van der Waals surface area contributed by atoms with Gasteiger partial charge >= 0.3 is 0 Å². The molecular formula is C15H18ClFO2. The molecule has 104 valence electrons. The Morgan fingerprint density at radius 2 is 2.00 bits per heavy atom. The van der Waals surface area contributed by atoms with Gasteiger partial charge in [-0.2, -0.15) is 0 Å². The van der Waals surface area contributed by atoms with Gasteiger partial charge in [-0.15, -0.1) is 0 Å². The second kappa shape index (κ2) is 4.57. The maximum absolute atomic E-state index is 13.9. The molecule has 0 radical (unpaired) electrons. The largest absolute Gasteiger partial charge is 0.369 e. The lowest BCUT2D eigenvalue weighted by molar-refractivity contribution is -0.0712. The predicted octanol–water partition coefficient (Wildman–Crippen LogP) is 4.26. The molecule has 2 nitrogen and oxygen atoms in total. The van der Waals surface area contributed by atoms with Crippen molar-refractivity contribution >= 4 is 17.4 Å². The number of ether oxygens (including phenoxy) is 1. The van der Waals surface area contributed by atoms with Crippen LogP contribution < -0.4 is 0 Å². The molecule has 1 fully saturated rings. The molecule has 0 aromatic heterocycles. The zero-order valence-corrected chi connectivity index (χ0v) is 12.3. The summed E-state index contributed by atoms with van der Waals surface area (Å²) in [5.41, 5.74) is -0.872. The van der Waals surface area contributed by atoms with Gasteiger partial charge in [0.2, 0.25) is 0 Å². The van der Waals surface area contributed by atoms with Gasteiger partial charge < -0.3 is 4.74 Å². The summed E-state index contributed by atoms with van der Waals surface area (Å²) < 4.78 is 19.7. The van der Waals surface area contributed by atoms with E-state index in [0.717, 1.165) is 0 Å². The van der Waals surface area contributed by atoms with Crippen LogP contribution in [-0.4, -0.2) is 17.0 Å². The molecule has 0 N–H and O–H groups in total. The molecule has 19 heavy (non-hydrogen) atoms. The minimum atomic E-state index is -0.591. The number of rotatable bonds is 2. The lowest BCUT2D eigenvalue weighted by Crippen LogP contribution is -2.34. The van der Waals surface area contributed by atoms with E-state index in [1.54, 1.807) is 0 Å². The van der Waals surface area contributed by atoms with Crippen LogP contribution in [0.25, 0.3) is 0 Å². The lowest BCUT2D eigenvalue weighted by Gasteiger charge is -2.26. The molecule has 4 heteroatoms. The Kier molecular flexibility index (Phi) is 3.48.